The molecule has 136 valence electrons. The van der Waals surface area contributed by atoms with E-state index in [1.165, 1.54) is 17.9 Å². The molecule has 1 aromatic carbocycles. The molecular weight excluding hydrogens is 329 g/mol. The van der Waals surface area contributed by atoms with E-state index < -0.39 is 11.8 Å². The lowest BCUT2D eigenvalue weighted by atomic mass is 10.1. The predicted octanol–water partition coefficient (Wildman–Crippen LogP) is 0.693. The minimum absolute atomic E-state index is 0.0357. The molecule has 1 amide bonds. The summed E-state index contributed by atoms with van der Waals surface area (Å²) in [5.41, 5.74) is 0.747. The molecule has 0 atom stereocenters. The van der Waals surface area contributed by atoms with E-state index >= 15 is 0 Å². The summed E-state index contributed by atoms with van der Waals surface area (Å²) in [6.07, 6.45) is 0. The number of nitrogens with zero attached hydrogens (tertiary/aromatic N) is 3. The molecule has 0 unspecified atom stereocenters. The molecule has 0 aromatic heterocycles. The maximum Gasteiger partial charge on any atom is 0.317 e. The highest BCUT2D eigenvalue weighted by Crippen LogP contribution is 2.22. The summed E-state index contributed by atoms with van der Waals surface area (Å²) in [6.45, 7) is 3.06. The van der Waals surface area contributed by atoms with Crippen LogP contribution in [0.15, 0.2) is 18.2 Å². The molecule has 0 aliphatic carbocycles. The lowest BCUT2D eigenvalue weighted by Gasteiger charge is -2.36. The highest BCUT2D eigenvalue weighted by atomic mass is 19.1. The zero-order chi connectivity index (χ0) is 18.6. The molecule has 1 aromatic rings. The lowest BCUT2D eigenvalue weighted by Crippen LogP contribution is -2.51. The predicted molar refractivity (Wildman–Crippen MR) is 90.3 cm³/mol. The Bertz CT molecular complexity index is 672. The van der Waals surface area contributed by atoms with Crippen molar-refractivity contribution in [1.29, 1.82) is 0 Å². The first kappa shape index (κ1) is 18.9. The van der Waals surface area contributed by atoms with Gasteiger partial charge in [-0.3, -0.25) is 19.3 Å². The number of aliphatic carboxylic acids is 1. The van der Waals surface area contributed by atoms with Gasteiger partial charge in [0.25, 0.3) is 0 Å². The van der Waals surface area contributed by atoms with Gasteiger partial charge in [-0.05, 0) is 32.2 Å². The van der Waals surface area contributed by atoms with Gasteiger partial charge in [0.1, 0.15) is 5.82 Å². The Hall–Kier alpha value is -2.48. The summed E-state index contributed by atoms with van der Waals surface area (Å²) in [4.78, 5) is 39.0. The first-order chi connectivity index (χ1) is 11.8. The molecule has 1 heterocycles. The molecule has 1 aliphatic heterocycles. The second-order valence-corrected chi connectivity index (χ2v) is 6.16. The van der Waals surface area contributed by atoms with Crippen molar-refractivity contribution in [3.8, 4) is 0 Å². The van der Waals surface area contributed by atoms with Crippen LogP contribution in [0.25, 0.3) is 0 Å². The molecule has 1 N–H and O–H groups in total. The number of amides is 1. The average molecular weight is 351 g/mol. The Morgan fingerprint density at radius 2 is 1.80 bits per heavy atom. The van der Waals surface area contributed by atoms with E-state index in [0.717, 1.165) is 0 Å². The monoisotopic (exact) mass is 351 g/mol. The normalized spacial score (nSPS) is 14.7. The summed E-state index contributed by atoms with van der Waals surface area (Å²) in [6, 6.07) is 4.42. The van der Waals surface area contributed by atoms with Crippen molar-refractivity contribution < 1.29 is 23.9 Å². The van der Waals surface area contributed by atoms with Crippen molar-refractivity contribution in [2.45, 2.75) is 6.92 Å². The van der Waals surface area contributed by atoms with Crippen LogP contribution in [0.2, 0.25) is 0 Å². The van der Waals surface area contributed by atoms with Crippen LogP contribution in [-0.2, 0) is 9.59 Å². The minimum atomic E-state index is -0.982. The Morgan fingerprint density at radius 1 is 1.16 bits per heavy atom. The molecule has 1 aliphatic rings. The van der Waals surface area contributed by atoms with Gasteiger partial charge >= 0.3 is 5.97 Å². The summed E-state index contributed by atoms with van der Waals surface area (Å²) in [5, 5.41) is 8.72. The number of carbonyl (C=O) groups excluding carboxylic acids is 2. The van der Waals surface area contributed by atoms with Crippen molar-refractivity contribution in [1.82, 2.24) is 9.80 Å². The van der Waals surface area contributed by atoms with E-state index in [-0.39, 0.29) is 24.8 Å². The summed E-state index contributed by atoms with van der Waals surface area (Å²) >= 11 is 0. The molecular formula is C17H22FN3O4. The van der Waals surface area contributed by atoms with Gasteiger partial charge < -0.3 is 14.9 Å². The summed E-state index contributed by atoms with van der Waals surface area (Å²) in [7, 11) is 1.58. The molecule has 0 saturated carbocycles. The third kappa shape index (κ3) is 4.99. The number of ketones is 1. The number of carbonyl (C=O) groups is 3. The number of Topliss-reactive ketones (excluding diaryl/α,β-unsaturated/α-hetero) is 1. The third-order valence-electron chi connectivity index (χ3n) is 4.14. The number of anilines is 1. The van der Waals surface area contributed by atoms with Gasteiger partial charge in [-0.1, -0.05) is 0 Å². The van der Waals surface area contributed by atoms with Gasteiger partial charge in [0, 0.05) is 31.7 Å². The van der Waals surface area contributed by atoms with E-state index in [1.807, 2.05) is 4.90 Å². The fourth-order valence-corrected chi connectivity index (χ4v) is 2.80. The van der Waals surface area contributed by atoms with Crippen molar-refractivity contribution >= 4 is 23.3 Å². The first-order valence-electron chi connectivity index (χ1n) is 8.01. The fourth-order valence-electron chi connectivity index (χ4n) is 2.80. The molecule has 7 nitrogen and oxygen atoms in total. The van der Waals surface area contributed by atoms with E-state index in [0.29, 0.717) is 37.4 Å². The van der Waals surface area contributed by atoms with Crippen LogP contribution in [-0.4, -0.2) is 78.9 Å². The van der Waals surface area contributed by atoms with E-state index in [4.69, 9.17) is 5.11 Å². The lowest BCUT2D eigenvalue weighted by molar-refractivity contribution is -0.139. The number of carboxylic acid groups (broad SMARTS) is 1. The van der Waals surface area contributed by atoms with E-state index in [2.05, 4.69) is 0 Å². The smallest absolute Gasteiger partial charge is 0.317 e. The van der Waals surface area contributed by atoms with Crippen molar-refractivity contribution in [3.05, 3.63) is 29.6 Å². The van der Waals surface area contributed by atoms with Crippen LogP contribution in [0, 0.1) is 5.82 Å². The molecule has 1 saturated heterocycles. The molecule has 0 bridgehead atoms. The highest BCUT2D eigenvalue weighted by Gasteiger charge is 2.24. The van der Waals surface area contributed by atoms with Crippen molar-refractivity contribution in [2.75, 3.05) is 51.2 Å². The number of likely N-dealkylation sites (N-methyl/N-ethyl adjacent to an activating group) is 1. The molecule has 1 fully saturated rings. The van der Waals surface area contributed by atoms with Crippen LogP contribution in [0.1, 0.15) is 17.3 Å². The van der Waals surface area contributed by atoms with Crippen LogP contribution in [0.3, 0.4) is 0 Å². The Kier molecular flexibility index (Phi) is 6.08. The number of rotatable bonds is 6. The van der Waals surface area contributed by atoms with Crippen LogP contribution < -0.4 is 4.90 Å². The number of piperazine rings is 1. The number of hydrogen-bond acceptors (Lipinski definition) is 5. The first-order valence-corrected chi connectivity index (χ1v) is 8.01. The fraction of sp³-hybridized carbons (Fsp3) is 0.471. The summed E-state index contributed by atoms with van der Waals surface area (Å²) in [5.74, 6) is -1.76. The highest BCUT2D eigenvalue weighted by molar-refractivity contribution is 5.94. The second-order valence-electron chi connectivity index (χ2n) is 6.16. The number of hydrogen-bond donors (Lipinski definition) is 1. The zero-order valence-electron chi connectivity index (χ0n) is 14.4. The Labute approximate surface area is 145 Å². The largest absolute Gasteiger partial charge is 0.480 e. The number of benzene rings is 1. The van der Waals surface area contributed by atoms with Gasteiger partial charge in [-0.2, -0.15) is 0 Å². The Balaban J connectivity index is 1.92. The molecule has 0 radical (unpaired) electrons. The van der Waals surface area contributed by atoms with Crippen LogP contribution >= 0.6 is 0 Å². The third-order valence-corrected chi connectivity index (χ3v) is 4.14. The quantitative estimate of drug-likeness (QED) is 0.760. The second kappa shape index (κ2) is 8.06. The van der Waals surface area contributed by atoms with Crippen LogP contribution in [0.4, 0.5) is 10.1 Å². The van der Waals surface area contributed by atoms with E-state index in [1.54, 1.807) is 24.1 Å². The average Bonchev–Trinajstić information content (AvgIpc) is 2.54. The minimum Gasteiger partial charge on any atom is -0.480 e. The van der Waals surface area contributed by atoms with Gasteiger partial charge in [0.2, 0.25) is 5.91 Å². The molecule has 2 rings (SSSR count). The SMILES string of the molecule is CC(=O)c1ccc(N2CCN(C(=O)CN(C)CC(=O)O)CC2)c(F)c1. The van der Waals surface area contributed by atoms with Gasteiger partial charge in [0.15, 0.2) is 5.78 Å². The van der Waals surface area contributed by atoms with E-state index in [9.17, 15) is 18.8 Å². The number of halogens is 1. The molecule has 8 heteroatoms. The Morgan fingerprint density at radius 3 is 2.32 bits per heavy atom. The number of carboxylic acids is 1. The summed E-state index contributed by atoms with van der Waals surface area (Å²) < 4.78 is 14.2. The zero-order valence-corrected chi connectivity index (χ0v) is 14.4. The van der Waals surface area contributed by atoms with Crippen molar-refractivity contribution in [3.63, 3.8) is 0 Å². The standard InChI is InChI=1S/C17H22FN3O4/c1-12(22)13-3-4-15(14(18)9-13)20-5-7-21(8-6-20)16(23)10-19(2)11-17(24)25/h3-4,9H,5-8,10-11H2,1-2H3,(H,24,25). The maximum absolute atomic E-state index is 14.2. The maximum atomic E-state index is 14.2. The van der Waals surface area contributed by atoms with Gasteiger partial charge in [-0.25, -0.2) is 4.39 Å². The molecule has 0 spiro atoms. The topological polar surface area (TPSA) is 81.2 Å². The van der Waals surface area contributed by atoms with Crippen molar-refractivity contribution in [2.24, 2.45) is 0 Å². The van der Waals surface area contributed by atoms with Crippen LogP contribution in [0.5, 0.6) is 0 Å². The molecule has 25 heavy (non-hydrogen) atoms. The van der Waals surface area contributed by atoms with Gasteiger partial charge in [0.05, 0.1) is 18.8 Å². The van der Waals surface area contributed by atoms with Gasteiger partial charge in [-0.15, -0.1) is 0 Å².